The summed E-state index contributed by atoms with van der Waals surface area (Å²) in [6.45, 7) is 11.9. The van der Waals surface area contributed by atoms with Gasteiger partial charge in [0.1, 0.15) is 0 Å². The normalized spacial score (nSPS) is 38.6. The van der Waals surface area contributed by atoms with Crippen LogP contribution >= 0.6 is 0 Å². The highest BCUT2D eigenvalue weighted by atomic mass is 15.3. The molecule has 2 aliphatic rings. The third kappa shape index (κ3) is 1.50. The van der Waals surface area contributed by atoms with Gasteiger partial charge in [-0.05, 0) is 51.9 Å². The van der Waals surface area contributed by atoms with E-state index in [1.165, 1.54) is 19.3 Å². The quantitative estimate of drug-likeness (QED) is 0.620. The van der Waals surface area contributed by atoms with Crippen LogP contribution in [-0.2, 0) is 0 Å². The molecule has 0 aromatic heterocycles. The van der Waals surface area contributed by atoms with Gasteiger partial charge >= 0.3 is 0 Å². The molecule has 3 atom stereocenters. The van der Waals surface area contributed by atoms with Crippen molar-refractivity contribution in [1.82, 2.24) is 4.90 Å². The summed E-state index contributed by atoms with van der Waals surface area (Å²) in [6, 6.07) is 1.78. The van der Waals surface area contributed by atoms with Crippen molar-refractivity contribution in [3.05, 3.63) is 0 Å². The Morgan fingerprint density at radius 2 is 1.79 bits per heavy atom. The lowest BCUT2D eigenvalue weighted by molar-refractivity contribution is 0.103. The molecule has 1 nitrogen and oxygen atoms in total. The highest BCUT2D eigenvalue weighted by molar-refractivity contribution is 5.04. The van der Waals surface area contributed by atoms with Crippen LogP contribution in [0.3, 0.4) is 0 Å². The second kappa shape index (κ2) is 3.23. The highest BCUT2D eigenvalue weighted by Gasteiger charge is 2.50. The SMILES string of the molecule is CC(C)C1CC2CCC1N2C(C)(C)C. The highest BCUT2D eigenvalue weighted by Crippen LogP contribution is 2.47. The first-order valence-electron chi connectivity index (χ1n) is 6.19. The van der Waals surface area contributed by atoms with Gasteiger partial charge in [-0.25, -0.2) is 0 Å². The van der Waals surface area contributed by atoms with E-state index in [0.29, 0.717) is 5.54 Å². The monoisotopic (exact) mass is 195 g/mol. The van der Waals surface area contributed by atoms with Crippen LogP contribution in [0.15, 0.2) is 0 Å². The Kier molecular flexibility index (Phi) is 2.42. The maximum absolute atomic E-state index is 2.80. The second-order valence-electron chi connectivity index (χ2n) is 6.52. The molecule has 3 unspecified atom stereocenters. The summed E-state index contributed by atoms with van der Waals surface area (Å²) in [5.74, 6) is 1.84. The van der Waals surface area contributed by atoms with Gasteiger partial charge in [-0.3, -0.25) is 4.90 Å². The Labute approximate surface area is 88.9 Å². The van der Waals surface area contributed by atoms with E-state index in [1.54, 1.807) is 0 Å². The van der Waals surface area contributed by atoms with Gasteiger partial charge in [0.15, 0.2) is 0 Å². The van der Waals surface area contributed by atoms with Gasteiger partial charge in [-0.1, -0.05) is 13.8 Å². The first-order chi connectivity index (χ1) is 6.41. The lowest BCUT2D eigenvalue weighted by atomic mass is 9.81. The zero-order valence-corrected chi connectivity index (χ0v) is 10.4. The molecule has 2 rings (SSSR count). The molecule has 0 spiro atoms. The molecule has 0 radical (unpaired) electrons. The predicted molar refractivity (Wildman–Crippen MR) is 61.3 cm³/mol. The first-order valence-corrected chi connectivity index (χ1v) is 6.19. The Morgan fingerprint density at radius 1 is 1.14 bits per heavy atom. The van der Waals surface area contributed by atoms with E-state index in [4.69, 9.17) is 0 Å². The van der Waals surface area contributed by atoms with Crippen molar-refractivity contribution >= 4 is 0 Å². The Hall–Kier alpha value is -0.0400. The molecule has 0 aromatic carbocycles. The van der Waals surface area contributed by atoms with Crippen LogP contribution < -0.4 is 0 Å². The van der Waals surface area contributed by atoms with Gasteiger partial charge in [0.05, 0.1) is 0 Å². The molecular weight excluding hydrogens is 170 g/mol. The van der Waals surface area contributed by atoms with Crippen molar-refractivity contribution in [2.75, 3.05) is 0 Å². The molecule has 2 aliphatic heterocycles. The fraction of sp³-hybridized carbons (Fsp3) is 1.00. The van der Waals surface area contributed by atoms with Crippen molar-refractivity contribution in [2.24, 2.45) is 11.8 Å². The summed E-state index contributed by atoms with van der Waals surface area (Å²) in [6.07, 6.45) is 4.36. The van der Waals surface area contributed by atoms with Gasteiger partial charge in [-0.15, -0.1) is 0 Å². The summed E-state index contributed by atoms with van der Waals surface area (Å²) in [5.41, 5.74) is 0.384. The van der Waals surface area contributed by atoms with Crippen LogP contribution in [0.4, 0.5) is 0 Å². The number of fused-ring (bicyclic) bond motifs is 2. The smallest absolute Gasteiger partial charge is 0.0135 e. The minimum Gasteiger partial charge on any atom is -0.292 e. The Morgan fingerprint density at radius 3 is 2.14 bits per heavy atom. The zero-order chi connectivity index (χ0) is 10.5. The average Bonchev–Trinajstić information content (AvgIpc) is 2.57. The van der Waals surface area contributed by atoms with E-state index < -0.39 is 0 Å². The zero-order valence-electron chi connectivity index (χ0n) is 10.4. The summed E-state index contributed by atoms with van der Waals surface area (Å²) in [4.78, 5) is 2.80. The van der Waals surface area contributed by atoms with E-state index in [-0.39, 0.29) is 0 Å². The topological polar surface area (TPSA) is 3.24 Å². The van der Waals surface area contributed by atoms with Crippen molar-refractivity contribution < 1.29 is 0 Å². The van der Waals surface area contributed by atoms with Crippen molar-refractivity contribution in [3.63, 3.8) is 0 Å². The van der Waals surface area contributed by atoms with Crippen LogP contribution in [0.1, 0.15) is 53.9 Å². The molecule has 0 saturated carbocycles. The fourth-order valence-corrected chi connectivity index (χ4v) is 3.80. The third-order valence-corrected chi connectivity index (χ3v) is 4.22. The number of rotatable bonds is 1. The molecule has 14 heavy (non-hydrogen) atoms. The maximum Gasteiger partial charge on any atom is 0.0135 e. The van der Waals surface area contributed by atoms with Gasteiger partial charge in [0, 0.05) is 17.6 Å². The number of hydrogen-bond donors (Lipinski definition) is 0. The van der Waals surface area contributed by atoms with Crippen LogP contribution in [-0.4, -0.2) is 22.5 Å². The average molecular weight is 195 g/mol. The minimum atomic E-state index is 0.384. The largest absolute Gasteiger partial charge is 0.292 e. The molecule has 0 N–H and O–H groups in total. The molecule has 1 heteroatoms. The van der Waals surface area contributed by atoms with Gasteiger partial charge < -0.3 is 0 Å². The third-order valence-electron chi connectivity index (χ3n) is 4.22. The first kappa shape index (κ1) is 10.5. The molecule has 2 fully saturated rings. The molecule has 2 bridgehead atoms. The van der Waals surface area contributed by atoms with E-state index >= 15 is 0 Å². The van der Waals surface area contributed by atoms with Crippen molar-refractivity contribution in [1.29, 1.82) is 0 Å². The lowest BCUT2D eigenvalue weighted by Crippen LogP contribution is -2.45. The second-order valence-corrected chi connectivity index (χ2v) is 6.52. The molecule has 2 heterocycles. The van der Waals surface area contributed by atoms with Crippen molar-refractivity contribution in [3.8, 4) is 0 Å². The van der Waals surface area contributed by atoms with Gasteiger partial charge in [0.2, 0.25) is 0 Å². The Balaban J connectivity index is 2.16. The van der Waals surface area contributed by atoms with Crippen molar-refractivity contribution in [2.45, 2.75) is 71.5 Å². The van der Waals surface area contributed by atoms with E-state index in [0.717, 1.165) is 23.9 Å². The lowest BCUT2D eigenvalue weighted by Gasteiger charge is -2.37. The van der Waals surface area contributed by atoms with Gasteiger partial charge in [-0.2, -0.15) is 0 Å². The minimum absolute atomic E-state index is 0.384. The summed E-state index contributed by atoms with van der Waals surface area (Å²) < 4.78 is 0. The Bertz CT molecular complexity index is 214. The predicted octanol–water partition coefficient (Wildman–Crippen LogP) is 3.29. The number of nitrogens with zero attached hydrogens (tertiary/aromatic N) is 1. The van der Waals surface area contributed by atoms with E-state index in [9.17, 15) is 0 Å². The van der Waals surface area contributed by atoms with Crippen LogP contribution in [0.25, 0.3) is 0 Å². The molecule has 0 aliphatic carbocycles. The molecule has 0 amide bonds. The van der Waals surface area contributed by atoms with Crippen LogP contribution in [0, 0.1) is 11.8 Å². The standard InChI is InChI=1S/C13H25N/c1-9(2)11-8-10-6-7-12(11)14(10)13(3,4)5/h9-12H,6-8H2,1-5H3. The number of hydrogen-bond acceptors (Lipinski definition) is 1. The van der Waals surface area contributed by atoms with E-state index in [2.05, 4.69) is 39.5 Å². The molecular formula is C13H25N. The summed E-state index contributed by atoms with van der Waals surface area (Å²) >= 11 is 0. The van der Waals surface area contributed by atoms with Gasteiger partial charge in [0.25, 0.3) is 0 Å². The maximum atomic E-state index is 2.80. The molecule has 82 valence electrons. The summed E-state index contributed by atoms with van der Waals surface area (Å²) in [5, 5.41) is 0. The fourth-order valence-electron chi connectivity index (χ4n) is 3.80. The molecule has 2 saturated heterocycles. The summed E-state index contributed by atoms with van der Waals surface area (Å²) in [7, 11) is 0. The molecule has 0 aromatic rings. The van der Waals surface area contributed by atoms with E-state index in [1.807, 2.05) is 0 Å². The van der Waals surface area contributed by atoms with Crippen LogP contribution in [0.5, 0.6) is 0 Å². The van der Waals surface area contributed by atoms with Crippen LogP contribution in [0.2, 0.25) is 0 Å².